The molecule has 0 saturated carbocycles. The monoisotopic (exact) mass is 194 g/mol. The second-order valence-corrected chi connectivity index (χ2v) is 4.14. The zero-order chi connectivity index (χ0) is 10.0. The van der Waals surface area contributed by atoms with E-state index in [-0.39, 0.29) is 11.4 Å². The maximum atomic E-state index is 13.2. The summed E-state index contributed by atoms with van der Waals surface area (Å²) in [5, 5.41) is 0. The molecule has 1 heterocycles. The Balaban J connectivity index is 1.95. The maximum absolute atomic E-state index is 13.2. The molecule has 1 atom stereocenters. The Hall–Kier alpha value is -0.890. The number of halogens is 1. The van der Waals surface area contributed by atoms with Crippen LogP contribution < -0.4 is 0 Å². The summed E-state index contributed by atoms with van der Waals surface area (Å²) in [5.41, 5.74) is 0.798. The van der Waals surface area contributed by atoms with Crippen LogP contribution in [-0.4, -0.2) is 12.2 Å². The summed E-state index contributed by atoms with van der Waals surface area (Å²) in [6, 6.07) is 6.96. The summed E-state index contributed by atoms with van der Waals surface area (Å²) in [6.45, 7) is 2.95. The van der Waals surface area contributed by atoms with Crippen molar-refractivity contribution in [3.8, 4) is 0 Å². The SMILES string of the molecule is CC1(CCc2ccccc2F)CCO1. The normalized spacial score (nSPS) is 25.9. The van der Waals surface area contributed by atoms with E-state index in [0.717, 1.165) is 31.4 Å². The Bertz CT molecular complexity index is 318. The molecule has 2 rings (SSSR count). The van der Waals surface area contributed by atoms with Gasteiger partial charge in [-0.3, -0.25) is 0 Å². The lowest BCUT2D eigenvalue weighted by atomic mass is 9.90. The molecule has 1 aliphatic rings. The first-order valence-electron chi connectivity index (χ1n) is 5.07. The quantitative estimate of drug-likeness (QED) is 0.718. The minimum Gasteiger partial charge on any atom is -0.375 e. The van der Waals surface area contributed by atoms with Crippen LogP contribution in [0.15, 0.2) is 24.3 Å². The number of ether oxygens (including phenoxy) is 1. The van der Waals surface area contributed by atoms with Crippen LogP contribution in [-0.2, 0) is 11.2 Å². The van der Waals surface area contributed by atoms with Gasteiger partial charge in [0.05, 0.1) is 12.2 Å². The molecule has 1 unspecified atom stereocenters. The fraction of sp³-hybridized carbons (Fsp3) is 0.500. The molecule has 0 bridgehead atoms. The van der Waals surface area contributed by atoms with Gasteiger partial charge in [-0.25, -0.2) is 4.39 Å². The Kier molecular flexibility index (Phi) is 2.55. The van der Waals surface area contributed by atoms with Gasteiger partial charge in [0.25, 0.3) is 0 Å². The fourth-order valence-electron chi connectivity index (χ4n) is 1.75. The van der Waals surface area contributed by atoms with Gasteiger partial charge in [-0.1, -0.05) is 18.2 Å². The Morgan fingerprint density at radius 1 is 1.43 bits per heavy atom. The summed E-state index contributed by atoms with van der Waals surface area (Å²) in [7, 11) is 0. The van der Waals surface area contributed by atoms with Crippen LogP contribution in [0.1, 0.15) is 25.3 Å². The van der Waals surface area contributed by atoms with Crippen LogP contribution in [0.25, 0.3) is 0 Å². The van der Waals surface area contributed by atoms with Gasteiger partial charge in [-0.05, 0) is 37.8 Å². The molecule has 0 N–H and O–H groups in total. The Morgan fingerprint density at radius 2 is 2.14 bits per heavy atom. The summed E-state index contributed by atoms with van der Waals surface area (Å²) < 4.78 is 18.7. The van der Waals surface area contributed by atoms with Gasteiger partial charge < -0.3 is 4.74 Å². The van der Waals surface area contributed by atoms with E-state index in [9.17, 15) is 4.39 Å². The molecule has 0 radical (unpaired) electrons. The topological polar surface area (TPSA) is 9.23 Å². The highest BCUT2D eigenvalue weighted by Crippen LogP contribution is 2.30. The second kappa shape index (κ2) is 3.70. The summed E-state index contributed by atoms with van der Waals surface area (Å²) in [4.78, 5) is 0. The van der Waals surface area contributed by atoms with E-state index in [1.54, 1.807) is 6.07 Å². The van der Waals surface area contributed by atoms with E-state index in [1.165, 1.54) is 6.07 Å². The smallest absolute Gasteiger partial charge is 0.126 e. The van der Waals surface area contributed by atoms with Crippen molar-refractivity contribution in [1.29, 1.82) is 0 Å². The molecule has 14 heavy (non-hydrogen) atoms. The number of hydrogen-bond acceptors (Lipinski definition) is 1. The molecule has 76 valence electrons. The molecule has 2 heteroatoms. The van der Waals surface area contributed by atoms with E-state index in [0.29, 0.717) is 0 Å². The highest BCUT2D eigenvalue weighted by atomic mass is 19.1. The zero-order valence-corrected chi connectivity index (χ0v) is 8.42. The van der Waals surface area contributed by atoms with Gasteiger partial charge in [0.15, 0.2) is 0 Å². The van der Waals surface area contributed by atoms with E-state index in [4.69, 9.17) is 4.74 Å². The van der Waals surface area contributed by atoms with Crippen LogP contribution in [0.2, 0.25) is 0 Å². The Labute approximate surface area is 83.9 Å². The lowest BCUT2D eigenvalue weighted by Crippen LogP contribution is -2.40. The van der Waals surface area contributed by atoms with Gasteiger partial charge in [0, 0.05) is 0 Å². The lowest BCUT2D eigenvalue weighted by molar-refractivity contribution is -0.137. The van der Waals surface area contributed by atoms with E-state index in [1.807, 2.05) is 12.1 Å². The average Bonchev–Trinajstić information content (AvgIpc) is 2.14. The first kappa shape index (κ1) is 9.66. The number of benzene rings is 1. The average molecular weight is 194 g/mol. The van der Waals surface area contributed by atoms with E-state index >= 15 is 0 Å². The first-order valence-corrected chi connectivity index (χ1v) is 5.07. The molecule has 1 aliphatic heterocycles. The highest BCUT2D eigenvalue weighted by molar-refractivity contribution is 5.17. The third-order valence-corrected chi connectivity index (χ3v) is 2.96. The molecule has 1 nitrogen and oxygen atoms in total. The van der Waals surface area contributed by atoms with Gasteiger partial charge in [-0.15, -0.1) is 0 Å². The third-order valence-electron chi connectivity index (χ3n) is 2.96. The molecule has 1 fully saturated rings. The van der Waals surface area contributed by atoms with Crippen molar-refractivity contribution in [3.63, 3.8) is 0 Å². The van der Waals surface area contributed by atoms with Gasteiger partial charge >= 0.3 is 0 Å². The molecule has 0 aliphatic carbocycles. The molecule has 0 aromatic heterocycles. The van der Waals surface area contributed by atoms with Gasteiger partial charge in [-0.2, -0.15) is 0 Å². The summed E-state index contributed by atoms with van der Waals surface area (Å²) in [6.07, 6.45) is 2.78. The van der Waals surface area contributed by atoms with Crippen LogP contribution >= 0.6 is 0 Å². The minimum atomic E-state index is -0.101. The Morgan fingerprint density at radius 3 is 2.71 bits per heavy atom. The zero-order valence-electron chi connectivity index (χ0n) is 8.42. The number of aryl methyl sites for hydroxylation is 1. The first-order chi connectivity index (χ1) is 6.70. The van der Waals surface area contributed by atoms with Crippen LogP contribution in [0.5, 0.6) is 0 Å². The molecule has 1 saturated heterocycles. The van der Waals surface area contributed by atoms with Crippen molar-refractivity contribution in [1.82, 2.24) is 0 Å². The van der Waals surface area contributed by atoms with Gasteiger partial charge in [0.2, 0.25) is 0 Å². The number of hydrogen-bond donors (Lipinski definition) is 0. The molecule has 0 spiro atoms. The highest BCUT2D eigenvalue weighted by Gasteiger charge is 2.32. The third kappa shape index (κ3) is 1.95. The predicted octanol–water partition coefficient (Wildman–Crippen LogP) is 2.94. The largest absolute Gasteiger partial charge is 0.375 e. The lowest BCUT2D eigenvalue weighted by Gasteiger charge is -2.38. The molecule has 0 amide bonds. The number of rotatable bonds is 3. The van der Waals surface area contributed by atoms with E-state index < -0.39 is 0 Å². The van der Waals surface area contributed by atoms with Gasteiger partial charge in [0.1, 0.15) is 5.82 Å². The minimum absolute atomic E-state index is 0.00226. The molecule has 1 aromatic rings. The van der Waals surface area contributed by atoms with Crippen molar-refractivity contribution in [2.75, 3.05) is 6.61 Å². The second-order valence-electron chi connectivity index (χ2n) is 4.14. The van der Waals surface area contributed by atoms with Crippen LogP contribution in [0, 0.1) is 5.82 Å². The maximum Gasteiger partial charge on any atom is 0.126 e. The van der Waals surface area contributed by atoms with Crippen molar-refractivity contribution in [2.24, 2.45) is 0 Å². The van der Waals surface area contributed by atoms with Crippen LogP contribution in [0.3, 0.4) is 0 Å². The molecular weight excluding hydrogens is 179 g/mol. The van der Waals surface area contributed by atoms with Crippen molar-refractivity contribution >= 4 is 0 Å². The van der Waals surface area contributed by atoms with Crippen molar-refractivity contribution in [3.05, 3.63) is 35.6 Å². The van der Waals surface area contributed by atoms with E-state index in [2.05, 4.69) is 6.92 Å². The van der Waals surface area contributed by atoms with Crippen molar-refractivity contribution < 1.29 is 9.13 Å². The standard InChI is InChI=1S/C12H15FO/c1-12(8-9-14-12)7-6-10-4-2-3-5-11(10)13/h2-5H,6-9H2,1H3. The molecular formula is C12H15FO. The summed E-state index contributed by atoms with van der Waals surface area (Å²) in [5.74, 6) is -0.101. The molecule has 1 aromatic carbocycles. The fourth-order valence-corrected chi connectivity index (χ4v) is 1.75. The summed E-state index contributed by atoms with van der Waals surface area (Å²) >= 11 is 0. The predicted molar refractivity (Wildman–Crippen MR) is 53.7 cm³/mol. The van der Waals surface area contributed by atoms with Crippen molar-refractivity contribution in [2.45, 2.75) is 31.8 Å². The van der Waals surface area contributed by atoms with Crippen LogP contribution in [0.4, 0.5) is 4.39 Å².